The molecule has 0 aromatic carbocycles. The van der Waals surface area contributed by atoms with Gasteiger partial charge in [-0.15, -0.1) is 0 Å². The monoisotopic (exact) mass is 388 g/mol. The molecule has 1 aliphatic carbocycles. The number of ether oxygens (including phenoxy) is 1. The van der Waals surface area contributed by atoms with Crippen LogP contribution in [0.1, 0.15) is 63.1 Å². The molecule has 2 unspecified atom stereocenters. The first-order valence-electron chi connectivity index (χ1n) is 9.57. The summed E-state index contributed by atoms with van der Waals surface area (Å²) in [5, 5.41) is 17.8. The first-order valence-corrected chi connectivity index (χ1v) is 9.57. The number of rotatable bonds is 6. The molecule has 1 saturated carbocycles. The predicted octanol–water partition coefficient (Wildman–Crippen LogP) is 2.71. The number of aliphatic carboxylic acids is 1. The van der Waals surface area contributed by atoms with Crippen LogP contribution in [0.4, 0.5) is 0 Å². The van der Waals surface area contributed by atoms with Gasteiger partial charge in [0, 0.05) is 29.9 Å². The van der Waals surface area contributed by atoms with Gasteiger partial charge in [-0.05, 0) is 33.8 Å². The van der Waals surface area contributed by atoms with E-state index in [1.165, 1.54) is 0 Å². The third-order valence-corrected chi connectivity index (χ3v) is 5.95. The van der Waals surface area contributed by atoms with Crippen LogP contribution in [-0.2, 0) is 9.53 Å². The van der Waals surface area contributed by atoms with Crippen molar-refractivity contribution in [2.75, 3.05) is 6.61 Å². The lowest BCUT2D eigenvalue weighted by molar-refractivity contribution is -0.190. The summed E-state index contributed by atoms with van der Waals surface area (Å²) < 4.78 is 7.45. The molecule has 8 heteroatoms. The van der Waals surface area contributed by atoms with Gasteiger partial charge in [-0.25, -0.2) is 14.5 Å². The van der Waals surface area contributed by atoms with E-state index in [0.717, 1.165) is 5.39 Å². The molecular formula is C20H28N4O4. The van der Waals surface area contributed by atoms with Gasteiger partial charge in [0.05, 0.1) is 23.6 Å². The zero-order chi connectivity index (χ0) is 20.9. The quantitative estimate of drug-likeness (QED) is 0.788. The average molecular weight is 388 g/mol. The van der Waals surface area contributed by atoms with Gasteiger partial charge in [0.25, 0.3) is 5.91 Å². The number of carboxylic acid groups (broad SMARTS) is 1. The van der Waals surface area contributed by atoms with E-state index in [4.69, 9.17) is 4.74 Å². The highest BCUT2D eigenvalue weighted by Crippen LogP contribution is 2.51. The molecule has 1 aliphatic rings. The fourth-order valence-corrected chi connectivity index (χ4v) is 3.97. The largest absolute Gasteiger partial charge is 0.479 e. The Balaban J connectivity index is 1.94. The SMILES string of the molecule is CCOC1CC(NC(=O)c2cc3cnn(C(C)C)c3nc2C)(C(=O)O)C1(C)C. The fourth-order valence-electron chi connectivity index (χ4n) is 3.97. The molecule has 0 saturated heterocycles. The maximum absolute atomic E-state index is 13.0. The maximum Gasteiger partial charge on any atom is 0.330 e. The topological polar surface area (TPSA) is 106 Å². The second-order valence-corrected chi connectivity index (χ2v) is 8.25. The molecule has 2 N–H and O–H groups in total. The van der Waals surface area contributed by atoms with Gasteiger partial charge in [0.1, 0.15) is 5.54 Å². The van der Waals surface area contributed by atoms with E-state index < -0.39 is 22.8 Å². The van der Waals surface area contributed by atoms with Crippen LogP contribution in [-0.4, -0.2) is 50.0 Å². The zero-order valence-electron chi connectivity index (χ0n) is 17.2. The first-order chi connectivity index (χ1) is 13.0. The minimum atomic E-state index is -1.38. The highest BCUT2D eigenvalue weighted by molar-refractivity contribution is 6.01. The van der Waals surface area contributed by atoms with E-state index in [-0.39, 0.29) is 18.6 Å². The average Bonchev–Trinajstić information content (AvgIpc) is 3.02. The molecule has 3 rings (SSSR count). The Morgan fingerprint density at radius 2 is 2.11 bits per heavy atom. The Labute approximate surface area is 164 Å². The lowest BCUT2D eigenvalue weighted by Crippen LogP contribution is -2.76. The van der Waals surface area contributed by atoms with Crippen LogP contribution in [0, 0.1) is 12.3 Å². The molecule has 2 heterocycles. The van der Waals surface area contributed by atoms with Crippen LogP contribution in [0.25, 0.3) is 11.0 Å². The number of hydrogen-bond acceptors (Lipinski definition) is 5. The minimum absolute atomic E-state index is 0.144. The van der Waals surface area contributed by atoms with Crippen molar-refractivity contribution >= 4 is 22.9 Å². The molecule has 0 aliphatic heterocycles. The number of aryl methyl sites for hydroxylation is 1. The third kappa shape index (κ3) is 2.87. The molecule has 0 bridgehead atoms. The van der Waals surface area contributed by atoms with Gasteiger partial charge in [-0.1, -0.05) is 13.8 Å². The number of fused-ring (bicyclic) bond motifs is 1. The first kappa shape index (κ1) is 20.3. The van der Waals surface area contributed by atoms with E-state index in [1.54, 1.807) is 23.9 Å². The third-order valence-electron chi connectivity index (χ3n) is 5.95. The Kier molecular flexibility index (Phi) is 4.95. The van der Waals surface area contributed by atoms with E-state index in [2.05, 4.69) is 15.4 Å². The predicted molar refractivity (Wildman–Crippen MR) is 104 cm³/mol. The summed E-state index contributed by atoms with van der Waals surface area (Å²) in [5.41, 5.74) is -0.526. The number of amides is 1. The van der Waals surface area contributed by atoms with E-state index in [9.17, 15) is 14.7 Å². The molecule has 8 nitrogen and oxygen atoms in total. The number of nitrogens with one attached hydrogen (secondary N) is 1. The van der Waals surface area contributed by atoms with Crippen LogP contribution in [0.3, 0.4) is 0 Å². The van der Waals surface area contributed by atoms with Crippen LogP contribution < -0.4 is 5.32 Å². The number of carbonyl (C=O) groups is 2. The van der Waals surface area contributed by atoms with E-state index in [1.807, 2.05) is 34.6 Å². The molecule has 152 valence electrons. The molecule has 1 amide bonds. The summed E-state index contributed by atoms with van der Waals surface area (Å²) in [5.74, 6) is -1.50. The number of nitrogens with zero attached hydrogens (tertiary/aromatic N) is 3. The van der Waals surface area contributed by atoms with Gasteiger partial charge in [-0.3, -0.25) is 4.79 Å². The van der Waals surface area contributed by atoms with Crippen molar-refractivity contribution < 1.29 is 19.4 Å². The van der Waals surface area contributed by atoms with Crippen molar-refractivity contribution in [2.45, 2.75) is 65.6 Å². The number of aromatic nitrogens is 3. The van der Waals surface area contributed by atoms with Crippen molar-refractivity contribution in [3.63, 3.8) is 0 Å². The highest BCUT2D eigenvalue weighted by atomic mass is 16.5. The number of carbonyl (C=O) groups excluding carboxylic acids is 1. The van der Waals surface area contributed by atoms with Crippen molar-refractivity contribution in [1.82, 2.24) is 20.1 Å². The molecule has 2 aromatic heterocycles. The van der Waals surface area contributed by atoms with Gasteiger partial charge >= 0.3 is 5.97 Å². The standard InChI is InChI=1S/C20H28N4O4/c1-7-28-15-9-20(18(26)27,19(15,5)6)23-17(25)14-8-13-10-21-24(11(2)3)16(13)22-12(14)4/h8,10-11,15H,7,9H2,1-6H3,(H,23,25)(H,26,27). The summed E-state index contributed by atoms with van der Waals surface area (Å²) in [7, 11) is 0. The van der Waals surface area contributed by atoms with Crippen LogP contribution in [0.5, 0.6) is 0 Å². The summed E-state index contributed by atoms with van der Waals surface area (Å²) in [4.78, 5) is 29.7. The lowest BCUT2D eigenvalue weighted by Gasteiger charge is -2.58. The van der Waals surface area contributed by atoms with Crippen molar-refractivity contribution in [3.05, 3.63) is 23.5 Å². The van der Waals surface area contributed by atoms with Crippen molar-refractivity contribution in [1.29, 1.82) is 0 Å². The maximum atomic E-state index is 13.0. The van der Waals surface area contributed by atoms with Crippen molar-refractivity contribution in [3.8, 4) is 0 Å². The number of pyridine rings is 1. The molecule has 0 spiro atoms. The van der Waals surface area contributed by atoms with E-state index >= 15 is 0 Å². The number of carboxylic acids is 1. The van der Waals surface area contributed by atoms with Gasteiger partial charge in [-0.2, -0.15) is 5.10 Å². The van der Waals surface area contributed by atoms with Gasteiger partial charge < -0.3 is 15.2 Å². The summed E-state index contributed by atoms with van der Waals surface area (Å²) in [6.07, 6.45) is 1.68. The van der Waals surface area contributed by atoms with Crippen LogP contribution >= 0.6 is 0 Å². The second-order valence-electron chi connectivity index (χ2n) is 8.25. The molecule has 2 atom stereocenters. The molecule has 1 fully saturated rings. The Morgan fingerprint density at radius 3 is 2.64 bits per heavy atom. The minimum Gasteiger partial charge on any atom is -0.479 e. The van der Waals surface area contributed by atoms with E-state index in [0.29, 0.717) is 23.5 Å². The summed E-state index contributed by atoms with van der Waals surface area (Å²) in [6.45, 7) is 11.8. The zero-order valence-corrected chi connectivity index (χ0v) is 17.2. The van der Waals surface area contributed by atoms with Crippen LogP contribution in [0.2, 0.25) is 0 Å². The highest BCUT2D eigenvalue weighted by Gasteiger charge is 2.66. The number of hydrogen-bond donors (Lipinski definition) is 2. The summed E-state index contributed by atoms with van der Waals surface area (Å²) in [6, 6.07) is 1.87. The molecular weight excluding hydrogens is 360 g/mol. The summed E-state index contributed by atoms with van der Waals surface area (Å²) >= 11 is 0. The smallest absolute Gasteiger partial charge is 0.330 e. The lowest BCUT2D eigenvalue weighted by atomic mass is 9.54. The van der Waals surface area contributed by atoms with Crippen molar-refractivity contribution in [2.24, 2.45) is 5.41 Å². The Bertz CT molecular complexity index is 934. The normalized spacial score (nSPS) is 23.6. The van der Waals surface area contributed by atoms with Gasteiger partial charge in [0.15, 0.2) is 5.65 Å². The van der Waals surface area contributed by atoms with Crippen LogP contribution in [0.15, 0.2) is 12.3 Å². The molecule has 2 aromatic rings. The molecule has 28 heavy (non-hydrogen) atoms. The Hall–Kier alpha value is -2.48. The fraction of sp³-hybridized carbons (Fsp3) is 0.600. The van der Waals surface area contributed by atoms with Gasteiger partial charge in [0.2, 0.25) is 0 Å². The second kappa shape index (κ2) is 6.84. The Morgan fingerprint density at radius 1 is 1.43 bits per heavy atom. The molecule has 0 radical (unpaired) electrons.